The molecular formula is C50H46N4OS4. The fraction of sp³-hybridized carbons (Fsp3) is 0.280. The molecule has 0 radical (unpaired) electrons. The van der Waals surface area contributed by atoms with E-state index in [1.54, 1.807) is 22.7 Å². The van der Waals surface area contributed by atoms with Crippen LogP contribution in [-0.2, 0) is 12.8 Å². The van der Waals surface area contributed by atoms with Crippen molar-refractivity contribution < 1.29 is 4.74 Å². The third kappa shape index (κ3) is 6.80. The lowest BCUT2D eigenvalue weighted by Crippen LogP contribution is -2.08. The van der Waals surface area contributed by atoms with Crippen LogP contribution in [-0.4, -0.2) is 20.4 Å². The van der Waals surface area contributed by atoms with Crippen LogP contribution < -0.4 is 4.74 Å². The quantitative estimate of drug-likeness (QED) is 0.167. The number of rotatable bonds is 6. The van der Waals surface area contributed by atoms with Gasteiger partial charge in [-0.15, -0.1) is 55.5 Å². The van der Waals surface area contributed by atoms with Crippen molar-refractivity contribution in [2.45, 2.75) is 82.1 Å². The number of nitrogens with zero attached hydrogens (tertiary/aromatic N) is 4. The number of aryl methyl sites for hydroxylation is 4. The number of fused-ring (bicyclic) bond motifs is 10. The molecule has 6 aromatic heterocycles. The highest BCUT2D eigenvalue weighted by atomic mass is 32.1. The van der Waals surface area contributed by atoms with Gasteiger partial charge < -0.3 is 4.74 Å². The van der Waals surface area contributed by atoms with E-state index in [0.717, 1.165) is 66.6 Å². The zero-order valence-electron chi connectivity index (χ0n) is 35.2. The topological polar surface area (TPSA) is 60.8 Å². The summed E-state index contributed by atoms with van der Waals surface area (Å²) in [6, 6.07) is 27.3. The molecule has 0 saturated carbocycles. The molecule has 6 heterocycles. The molecule has 0 N–H and O–H groups in total. The predicted molar refractivity (Wildman–Crippen MR) is 257 cm³/mol. The first-order chi connectivity index (χ1) is 28.1. The van der Waals surface area contributed by atoms with E-state index in [1.807, 2.05) is 22.7 Å². The third-order valence-electron chi connectivity index (χ3n) is 11.1. The third-order valence-corrected chi connectivity index (χ3v) is 15.7. The van der Waals surface area contributed by atoms with Gasteiger partial charge in [-0.25, -0.2) is 0 Å². The van der Waals surface area contributed by atoms with Gasteiger partial charge in [-0.2, -0.15) is 10.2 Å². The molecule has 59 heavy (non-hydrogen) atoms. The molecule has 9 heteroatoms. The Labute approximate surface area is 360 Å². The van der Waals surface area contributed by atoms with Crippen molar-refractivity contribution in [3.05, 3.63) is 105 Å². The van der Waals surface area contributed by atoms with Crippen molar-refractivity contribution in [2.75, 3.05) is 0 Å². The van der Waals surface area contributed by atoms with Gasteiger partial charge >= 0.3 is 0 Å². The van der Waals surface area contributed by atoms with Crippen LogP contribution in [0.3, 0.4) is 0 Å². The van der Waals surface area contributed by atoms with E-state index in [9.17, 15) is 0 Å². The second-order valence-corrected chi connectivity index (χ2v) is 23.1. The molecule has 0 unspecified atom stereocenters. The number of aromatic nitrogens is 4. The van der Waals surface area contributed by atoms with Gasteiger partial charge in [0.2, 0.25) is 0 Å². The SMILES string of the molecule is Cc1sc(-c2nnc(C)c3c2sc2c4ccc(CC(C)(C)C)cc4ccc23)cc1Oc1cc(-c2nnc(C)c3c2sc2c4ccc(CC(C)(C)C)cc4ccc23)sc1C. The minimum atomic E-state index is 0.236. The molecule has 0 aliphatic rings. The van der Waals surface area contributed by atoms with E-state index >= 15 is 0 Å². The van der Waals surface area contributed by atoms with E-state index < -0.39 is 0 Å². The maximum Gasteiger partial charge on any atom is 0.141 e. The van der Waals surface area contributed by atoms with Crippen LogP contribution in [0.25, 0.3) is 83.0 Å². The summed E-state index contributed by atoms with van der Waals surface area (Å²) in [4.78, 5) is 4.31. The van der Waals surface area contributed by atoms with Gasteiger partial charge in [-0.3, -0.25) is 0 Å². The summed E-state index contributed by atoms with van der Waals surface area (Å²) in [5, 5.41) is 29.0. The van der Waals surface area contributed by atoms with Crippen LogP contribution in [0.1, 0.15) is 73.8 Å². The van der Waals surface area contributed by atoms with Crippen molar-refractivity contribution in [3.8, 4) is 32.6 Å². The summed E-state index contributed by atoms with van der Waals surface area (Å²) in [5.41, 5.74) is 6.95. The first-order valence-corrected chi connectivity index (χ1v) is 23.5. The molecular weight excluding hydrogens is 801 g/mol. The second kappa shape index (κ2) is 13.9. The average Bonchev–Trinajstić information content (AvgIpc) is 3.94. The first kappa shape index (κ1) is 38.4. The Hall–Kier alpha value is -4.80. The van der Waals surface area contributed by atoms with Crippen molar-refractivity contribution in [1.82, 2.24) is 20.4 Å². The molecule has 5 nitrogen and oxygen atoms in total. The summed E-state index contributed by atoms with van der Waals surface area (Å²) in [6.07, 6.45) is 2.09. The Bertz CT molecular complexity index is 3110. The molecule has 0 saturated heterocycles. The molecule has 0 aliphatic carbocycles. The summed E-state index contributed by atoms with van der Waals surface area (Å²) >= 11 is 7.07. The maximum atomic E-state index is 6.77. The smallest absolute Gasteiger partial charge is 0.141 e. The summed E-state index contributed by atoms with van der Waals surface area (Å²) in [5.74, 6) is 1.68. The van der Waals surface area contributed by atoms with Gasteiger partial charge in [0.1, 0.15) is 22.9 Å². The molecule has 0 atom stereocenters. The van der Waals surface area contributed by atoms with Gasteiger partial charge in [-0.05, 0) is 84.0 Å². The van der Waals surface area contributed by atoms with Crippen LogP contribution in [0.5, 0.6) is 11.5 Å². The monoisotopic (exact) mass is 846 g/mol. The predicted octanol–water partition coefficient (Wildman–Crippen LogP) is 16.0. The molecule has 0 amide bonds. The van der Waals surface area contributed by atoms with E-state index in [0.29, 0.717) is 0 Å². The van der Waals surface area contributed by atoms with E-state index in [4.69, 9.17) is 25.1 Å². The van der Waals surface area contributed by atoms with Gasteiger partial charge in [0.05, 0.1) is 30.5 Å². The van der Waals surface area contributed by atoms with Crippen LogP contribution in [0.2, 0.25) is 0 Å². The molecule has 0 fully saturated rings. The van der Waals surface area contributed by atoms with Crippen molar-refractivity contribution in [1.29, 1.82) is 0 Å². The molecule has 0 bridgehead atoms. The Balaban J connectivity index is 1.00. The molecule has 0 aliphatic heterocycles. The lowest BCUT2D eigenvalue weighted by atomic mass is 9.87. The normalized spacial score (nSPS) is 12.7. The zero-order chi connectivity index (χ0) is 41.1. The number of hydrogen-bond acceptors (Lipinski definition) is 9. The lowest BCUT2D eigenvalue weighted by Gasteiger charge is -2.18. The fourth-order valence-electron chi connectivity index (χ4n) is 8.61. The Kier molecular flexibility index (Phi) is 9.03. The Morgan fingerprint density at radius 2 is 0.864 bits per heavy atom. The van der Waals surface area contributed by atoms with Gasteiger partial charge in [-0.1, -0.05) is 102 Å². The molecule has 10 aromatic rings. The van der Waals surface area contributed by atoms with E-state index in [1.165, 1.54) is 73.0 Å². The molecule has 296 valence electrons. The second-order valence-electron chi connectivity index (χ2n) is 18.5. The van der Waals surface area contributed by atoms with Crippen molar-refractivity contribution in [3.63, 3.8) is 0 Å². The number of hydrogen-bond donors (Lipinski definition) is 0. The highest BCUT2D eigenvalue weighted by Crippen LogP contribution is 2.49. The summed E-state index contributed by atoms with van der Waals surface area (Å²) in [6.45, 7) is 22.2. The fourth-order valence-corrected chi connectivity index (χ4v) is 13.4. The van der Waals surface area contributed by atoms with Gasteiger partial charge in [0.25, 0.3) is 0 Å². The van der Waals surface area contributed by atoms with E-state index in [2.05, 4.69) is 142 Å². The van der Waals surface area contributed by atoms with E-state index in [-0.39, 0.29) is 10.8 Å². The lowest BCUT2D eigenvalue weighted by molar-refractivity contribution is 0.411. The summed E-state index contributed by atoms with van der Waals surface area (Å²) in [7, 11) is 0. The average molecular weight is 847 g/mol. The van der Waals surface area contributed by atoms with Gasteiger partial charge in [0, 0.05) is 52.8 Å². The number of thiophene rings is 4. The van der Waals surface area contributed by atoms with Crippen LogP contribution in [0.4, 0.5) is 0 Å². The molecule has 4 aromatic carbocycles. The number of benzene rings is 4. The van der Waals surface area contributed by atoms with Crippen LogP contribution in [0.15, 0.2) is 72.8 Å². The van der Waals surface area contributed by atoms with Crippen molar-refractivity contribution >= 4 is 107 Å². The summed E-state index contributed by atoms with van der Waals surface area (Å²) < 4.78 is 11.7. The number of ether oxygens (including phenoxy) is 1. The van der Waals surface area contributed by atoms with Crippen LogP contribution in [0, 0.1) is 38.5 Å². The largest absolute Gasteiger partial charge is 0.455 e. The minimum Gasteiger partial charge on any atom is -0.455 e. The highest BCUT2D eigenvalue weighted by molar-refractivity contribution is 7.28. The van der Waals surface area contributed by atoms with Crippen LogP contribution >= 0.6 is 45.3 Å². The molecule has 10 rings (SSSR count). The highest BCUT2D eigenvalue weighted by Gasteiger charge is 2.23. The Morgan fingerprint density at radius 1 is 0.458 bits per heavy atom. The standard InChI is InChI=1S/C50H46N4OS4/c1-25-41-35-17-13-31-19-29(23-49(5,6)7)11-15-33(31)45(35)58-47(41)43(53-51-25)39-21-37(27(3)56-39)55-38-22-40(57-28(38)4)44-48-42(26(2)52-54-44)36-18-14-32-20-30(24-50(8,9)10)12-16-34(32)46(36)59-48/h11-22H,23-24H2,1-10H3. The van der Waals surface area contributed by atoms with Crippen molar-refractivity contribution in [2.24, 2.45) is 10.8 Å². The maximum absolute atomic E-state index is 6.77. The molecule has 0 spiro atoms. The Morgan fingerprint density at radius 3 is 1.27 bits per heavy atom. The zero-order valence-corrected chi connectivity index (χ0v) is 38.4. The first-order valence-electron chi connectivity index (χ1n) is 20.2. The van der Waals surface area contributed by atoms with Gasteiger partial charge in [0.15, 0.2) is 0 Å². The minimum absolute atomic E-state index is 0.236.